The van der Waals surface area contributed by atoms with Crippen LogP contribution in [-0.2, 0) is 13.0 Å². The monoisotopic (exact) mass is 370 g/mol. The first kappa shape index (κ1) is 17.9. The number of rotatable bonds is 6. The first-order valence-electron chi connectivity index (χ1n) is 9.60. The molecular formula is C21H26N2O4. The number of likely N-dealkylation sites (tertiary alicyclic amines) is 1. The summed E-state index contributed by atoms with van der Waals surface area (Å²) in [5.41, 5.74) is 1.15. The first-order valence-corrected chi connectivity index (χ1v) is 9.60. The number of fused-ring (bicyclic) bond motifs is 1. The van der Waals surface area contributed by atoms with Crippen LogP contribution in [0.2, 0.25) is 0 Å². The Labute approximate surface area is 159 Å². The SMILES string of the molecule is COc1ccc2c(c1)OCC(CNC(=O)c1ccc(CN3CCCC3)o1)C2. The van der Waals surface area contributed by atoms with Crippen molar-refractivity contribution in [2.45, 2.75) is 25.8 Å². The Morgan fingerprint density at radius 1 is 1.26 bits per heavy atom. The van der Waals surface area contributed by atoms with E-state index in [2.05, 4.69) is 10.2 Å². The molecule has 1 saturated heterocycles. The number of amides is 1. The maximum absolute atomic E-state index is 12.4. The van der Waals surface area contributed by atoms with Gasteiger partial charge in [0.1, 0.15) is 17.3 Å². The molecular weight excluding hydrogens is 344 g/mol. The van der Waals surface area contributed by atoms with Crippen molar-refractivity contribution in [2.75, 3.05) is 33.4 Å². The van der Waals surface area contributed by atoms with Crippen LogP contribution >= 0.6 is 0 Å². The van der Waals surface area contributed by atoms with Gasteiger partial charge < -0.3 is 19.2 Å². The molecule has 1 atom stereocenters. The second kappa shape index (κ2) is 8.05. The molecule has 1 unspecified atom stereocenters. The molecule has 27 heavy (non-hydrogen) atoms. The number of benzene rings is 1. The summed E-state index contributed by atoms with van der Waals surface area (Å²) in [6.45, 7) is 4.14. The van der Waals surface area contributed by atoms with Crippen molar-refractivity contribution in [3.05, 3.63) is 47.4 Å². The number of ether oxygens (including phenoxy) is 2. The lowest BCUT2D eigenvalue weighted by Gasteiger charge is -2.25. The van der Waals surface area contributed by atoms with Gasteiger partial charge in [0.05, 0.1) is 20.3 Å². The minimum atomic E-state index is -0.164. The lowest BCUT2D eigenvalue weighted by molar-refractivity contribution is 0.0908. The number of hydrogen-bond donors (Lipinski definition) is 1. The van der Waals surface area contributed by atoms with Crippen molar-refractivity contribution in [3.63, 3.8) is 0 Å². The maximum Gasteiger partial charge on any atom is 0.287 e. The lowest BCUT2D eigenvalue weighted by Crippen LogP contribution is -2.34. The second-order valence-corrected chi connectivity index (χ2v) is 7.31. The van der Waals surface area contributed by atoms with E-state index in [-0.39, 0.29) is 11.8 Å². The second-order valence-electron chi connectivity index (χ2n) is 7.31. The van der Waals surface area contributed by atoms with E-state index >= 15 is 0 Å². The number of hydrogen-bond acceptors (Lipinski definition) is 5. The molecule has 6 heteroatoms. The molecule has 2 aliphatic heterocycles. The number of nitrogens with zero attached hydrogens (tertiary/aromatic N) is 1. The third-order valence-corrected chi connectivity index (χ3v) is 5.27. The van der Waals surface area contributed by atoms with Crippen molar-refractivity contribution in [2.24, 2.45) is 5.92 Å². The molecule has 0 saturated carbocycles. The number of nitrogens with one attached hydrogen (secondary N) is 1. The van der Waals surface area contributed by atoms with Crippen LogP contribution in [0.4, 0.5) is 0 Å². The van der Waals surface area contributed by atoms with Crippen molar-refractivity contribution < 1.29 is 18.7 Å². The summed E-state index contributed by atoms with van der Waals surface area (Å²) in [5.74, 6) is 2.98. The van der Waals surface area contributed by atoms with Gasteiger partial charge in [0, 0.05) is 18.5 Å². The Hall–Kier alpha value is -2.47. The minimum absolute atomic E-state index is 0.164. The molecule has 4 rings (SSSR count). The molecule has 1 aromatic heterocycles. The van der Waals surface area contributed by atoms with E-state index in [1.54, 1.807) is 13.2 Å². The molecule has 2 aliphatic rings. The quantitative estimate of drug-likeness (QED) is 0.847. The van der Waals surface area contributed by atoms with Gasteiger partial charge in [-0.15, -0.1) is 0 Å². The molecule has 0 aliphatic carbocycles. The Bertz CT molecular complexity index is 795. The fourth-order valence-electron chi connectivity index (χ4n) is 3.74. The zero-order valence-corrected chi connectivity index (χ0v) is 15.7. The topological polar surface area (TPSA) is 63.9 Å². The molecule has 6 nitrogen and oxygen atoms in total. The van der Waals surface area contributed by atoms with Gasteiger partial charge in [0.2, 0.25) is 0 Å². The normalized spacial score (nSPS) is 19.4. The maximum atomic E-state index is 12.4. The lowest BCUT2D eigenvalue weighted by atomic mass is 9.96. The highest BCUT2D eigenvalue weighted by Gasteiger charge is 2.22. The van der Waals surface area contributed by atoms with Gasteiger partial charge in [-0.1, -0.05) is 6.07 Å². The summed E-state index contributed by atoms with van der Waals surface area (Å²) in [6.07, 6.45) is 3.36. The highest BCUT2D eigenvalue weighted by atomic mass is 16.5. The van der Waals surface area contributed by atoms with Gasteiger partial charge in [-0.2, -0.15) is 0 Å². The van der Waals surface area contributed by atoms with Crippen LogP contribution in [-0.4, -0.2) is 44.2 Å². The molecule has 0 bridgehead atoms. The number of methoxy groups -OCH3 is 1. The van der Waals surface area contributed by atoms with E-state index in [4.69, 9.17) is 13.9 Å². The predicted molar refractivity (Wildman–Crippen MR) is 101 cm³/mol. The van der Waals surface area contributed by atoms with Gasteiger partial charge in [-0.05, 0) is 56.1 Å². The zero-order valence-electron chi connectivity index (χ0n) is 15.7. The first-order chi connectivity index (χ1) is 13.2. The molecule has 0 radical (unpaired) electrons. The third kappa shape index (κ3) is 4.27. The van der Waals surface area contributed by atoms with Crippen LogP contribution in [0.15, 0.2) is 34.7 Å². The average molecular weight is 370 g/mol. The molecule has 1 fully saturated rings. The van der Waals surface area contributed by atoms with Crippen LogP contribution in [0.25, 0.3) is 0 Å². The predicted octanol–water partition coefficient (Wildman–Crippen LogP) is 2.87. The molecule has 2 aromatic rings. The number of furan rings is 1. The smallest absolute Gasteiger partial charge is 0.287 e. The van der Waals surface area contributed by atoms with E-state index in [0.717, 1.165) is 48.9 Å². The highest BCUT2D eigenvalue weighted by molar-refractivity contribution is 5.91. The van der Waals surface area contributed by atoms with Crippen molar-refractivity contribution >= 4 is 5.91 Å². The van der Waals surface area contributed by atoms with Gasteiger partial charge in [0.25, 0.3) is 5.91 Å². The summed E-state index contributed by atoms with van der Waals surface area (Å²) >= 11 is 0. The van der Waals surface area contributed by atoms with Crippen LogP contribution in [0, 0.1) is 5.92 Å². The Morgan fingerprint density at radius 3 is 2.93 bits per heavy atom. The number of carbonyl (C=O) groups excluding carboxylic acids is 1. The molecule has 144 valence electrons. The van der Waals surface area contributed by atoms with Crippen LogP contribution in [0.1, 0.15) is 34.7 Å². The fourth-order valence-corrected chi connectivity index (χ4v) is 3.74. The van der Waals surface area contributed by atoms with Gasteiger partial charge in [0.15, 0.2) is 5.76 Å². The average Bonchev–Trinajstić information content (AvgIpc) is 3.38. The van der Waals surface area contributed by atoms with Crippen molar-refractivity contribution in [1.82, 2.24) is 10.2 Å². The number of carbonyl (C=O) groups is 1. The summed E-state index contributed by atoms with van der Waals surface area (Å²) < 4.78 is 16.8. The van der Waals surface area contributed by atoms with Crippen molar-refractivity contribution in [1.29, 1.82) is 0 Å². The van der Waals surface area contributed by atoms with Gasteiger partial charge >= 0.3 is 0 Å². The summed E-state index contributed by atoms with van der Waals surface area (Å²) in [7, 11) is 1.65. The molecule has 1 aromatic carbocycles. The van der Waals surface area contributed by atoms with Gasteiger partial charge in [-0.25, -0.2) is 0 Å². The molecule has 1 N–H and O–H groups in total. The van der Waals surface area contributed by atoms with E-state index < -0.39 is 0 Å². The van der Waals surface area contributed by atoms with Crippen LogP contribution < -0.4 is 14.8 Å². The zero-order chi connectivity index (χ0) is 18.6. The molecule has 1 amide bonds. The summed E-state index contributed by atoms with van der Waals surface area (Å²) in [5, 5.41) is 2.98. The molecule has 0 spiro atoms. The standard InChI is InChI=1S/C21H26N2O4/c1-25-17-5-4-16-10-15(14-26-20(16)11-17)12-22-21(24)19-7-6-18(27-19)13-23-8-2-3-9-23/h4-7,11,15H,2-3,8-10,12-14H2,1H3,(H,22,24). The Kier molecular flexibility index (Phi) is 5.34. The van der Waals surface area contributed by atoms with Crippen LogP contribution in [0.3, 0.4) is 0 Å². The van der Waals surface area contributed by atoms with E-state index in [1.165, 1.54) is 12.8 Å². The Morgan fingerprint density at radius 2 is 2.11 bits per heavy atom. The van der Waals surface area contributed by atoms with E-state index in [1.807, 2.05) is 24.3 Å². The summed E-state index contributed by atoms with van der Waals surface area (Å²) in [6, 6.07) is 9.54. The largest absolute Gasteiger partial charge is 0.497 e. The fraction of sp³-hybridized carbons (Fsp3) is 0.476. The summed E-state index contributed by atoms with van der Waals surface area (Å²) in [4.78, 5) is 14.7. The Balaban J connectivity index is 1.28. The highest BCUT2D eigenvalue weighted by Crippen LogP contribution is 2.30. The van der Waals surface area contributed by atoms with E-state index in [0.29, 0.717) is 18.9 Å². The van der Waals surface area contributed by atoms with Gasteiger partial charge in [-0.3, -0.25) is 9.69 Å². The van der Waals surface area contributed by atoms with E-state index in [9.17, 15) is 4.79 Å². The van der Waals surface area contributed by atoms with Crippen molar-refractivity contribution in [3.8, 4) is 11.5 Å². The third-order valence-electron chi connectivity index (χ3n) is 5.27. The van der Waals surface area contributed by atoms with Crippen LogP contribution in [0.5, 0.6) is 11.5 Å². The molecule has 3 heterocycles. The minimum Gasteiger partial charge on any atom is -0.497 e.